The molecule has 2 heterocycles. The molecule has 1 N–H and O–H groups in total. The van der Waals surface area contributed by atoms with Crippen LogP contribution in [0.15, 0.2) is 23.2 Å². The Bertz CT molecular complexity index is 515. The van der Waals surface area contributed by atoms with Gasteiger partial charge in [0, 0.05) is 13.1 Å². The van der Waals surface area contributed by atoms with Gasteiger partial charge in [0.25, 0.3) is 0 Å². The first-order valence-electron chi connectivity index (χ1n) is 6.89. The maximum absolute atomic E-state index is 12.3. The van der Waals surface area contributed by atoms with E-state index < -0.39 is 6.23 Å². The standard InChI is InChI=1S/C14H21N3O3S/c1-5-7-9-13(18)17(14(19)16(9)3)12-8-10(20-15-12)11(6-2)21-4/h5,8-9,11,13,18H,1,6-7H2,2-4H3. The number of nitrogens with zero attached hydrogens (tertiary/aromatic N) is 3. The Labute approximate surface area is 128 Å². The Kier molecular flexibility index (Phi) is 4.95. The van der Waals surface area contributed by atoms with Crippen molar-refractivity contribution in [1.82, 2.24) is 10.1 Å². The van der Waals surface area contributed by atoms with Crippen molar-refractivity contribution in [3.8, 4) is 0 Å². The molecule has 1 aliphatic rings. The molecule has 7 heteroatoms. The molecule has 0 aromatic carbocycles. The third-order valence-electron chi connectivity index (χ3n) is 3.76. The maximum Gasteiger partial charge on any atom is 0.328 e. The fourth-order valence-electron chi connectivity index (χ4n) is 2.51. The predicted molar refractivity (Wildman–Crippen MR) is 83.3 cm³/mol. The van der Waals surface area contributed by atoms with Gasteiger partial charge in [0.2, 0.25) is 0 Å². The van der Waals surface area contributed by atoms with Gasteiger partial charge in [-0.1, -0.05) is 18.2 Å². The number of aromatic nitrogens is 1. The Hall–Kier alpha value is -1.47. The van der Waals surface area contributed by atoms with Crippen LogP contribution in [0.25, 0.3) is 0 Å². The van der Waals surface area contributed by atoms with Crippen LogP contribution in [0.5, 0.6) is 0 Å². The van der Waals surface area contributed by atoms with Crippen LogP contribution in [-0.2, 0) is 0 Å². The van der Waals surface area contributed by atoms with Crippen LogP contribution in [0.4, 0.5) is 10.6 Å². The smallest absolute Gasteiger partial charge is 0.328 e. The molecule has 0 saturated carbocycles. The summed E-state index contributed by atoms with van der Waals surface area (Å²) in [6.07, 6.45) is 4.17. The third kappa shape index (κ3) is 2.80. The average molecular weight is 311 g/mol. The lowest BCUT2D eigenvalue weighted by molar-refractivity contribution is 0.129. The number of carbonyl (C=O) groups is 1. The Morgan fingerprint density at radius 3 is 2.95 bits per heavy atom. The number of thioether (sulfide) groups is 1. The minimum atomic E-state index is -0.951. The van der Waals surface area contributed by atoms with Gasteiger partial charge in [0.05, 0.1) is 11.3 Å². The summed E-state index contributed by atoms with van der Waals surface area (Å²) in [6, 6.07) is 1.12. The van der Waals surface area contributed by atoms with Crippen LogP contribution < -0.4 is 4.90 Å². The molecule has 6 nitrogen and oxygen atoms in total. The van der Waals surface area contributed by atoms with Crippen molar-refractivity contribution in [2.75, 3.05) is 18.2 Å². The van der Waals surface area contributed by atoms with E-state index in [-0.39, 0.29) is 17.3 Å². The summed E-state index contributed by atoms with van der Waals surface area (Å²) in [6.45, 7) is 5.72. The van der Waals surface area contributed by atoms with E-state index in [4.69, 9.17) is 4.52 Å². The number of hydrogen-bond acceptors (Lipinski definition) is 5. The minimum absolute atomic E-state index is 0.197. The van der Waals surface area contributed by atoms with Crippen LogP contribution in [0.1, 0.15) is 30.8 Å². The van der Waals surface area contributed by atoms with Gasteiger partial charge >= 0.3 is 6.03 Å². The van der Waals surface area contributed by atoms with Crippen molar-refractivity contribution in [3.63, 3.8) is 0 Å². The molecule has 1 aromatic heterocycles. The molecule has 2 amide bonds. The summed E-state index contributed by atoms with van der Waals surface area (Å²) in [5, 5.41) is 14.5. The zero-order valence-electron chi connectivity index (χ0n) is 12.5. The highest BCUT2D eigenvalue weighted by Gasteiger charge is 2.44. The molecule has 0 radical (unpaired) electrons. The zero-order chi connectivity index (χ0) is 15.6. The number of likely N-dealkylation sites (N-methyl/N-ethyl adjacent to an activating group) is 1. The summed E-state index contributed by atoms with van der Waals surface area (Å²) < 4.78 is 5.33. The van der Waals surface area contributed by atoms with Crippen molar-refractivity contribution in [2.24, 2.45) is 0 Å². The normalized spacial score (nSPS) is 23.7. The quantitative estimate of drug-likeness (QED) is 0.818. The summed E-state index contributed by atoms with van der Waals surface area (Å²) in [5.41, 5.74) is 0. The monoisotopic (exact) mass is 311 g/mol. The van der Waals surface area contributed by atoms with E-state index in [0.29, 0.717) is 12.2 Å². The predicted octanol–water partition coefficient (Wildman–Crippen LogP) is 2.62. The number of anilines is 1. The molecule has 1 aromatic rings. The van der Waals surface area contributed by atoms with Crippen LogP contribution in [0, 0.1) is 0 Å². The van der Waals surface area contributed by atoms with Crippen molar-refractivity contribution >= 4 is 23.6 Å². The molecule has 2 rings (SSSR count). The Morgan fingerprint density at radius 1 is 1.67 bits per heavy atom. The lowest BCUT2D eigenvalue weighted by Gasteiger charge is -2.19. The van der Waals surface area contributed by atoms with Crippen molar-refractivity contribution in [1.29, 1.82) is 0 Å². The topological polar surface area (TPSA) is 69.8 Å². The molecule has 3 unspecified atom stereocenters. The first-order valence-corrected chi connectivity index (χ1v) is 8.18. The molecule has 21 heavy (non-hydrogen) atoms. The van der Waals surface area contributed by atoms with E-state index in [9.17, 15) is 9.90 Å². The fraction of sp³-hybridized carbons (Fsp3) is 0.571. The molecular formula is C14H21N3O3S. The van der Waals surface area contributed by atoms with Gasteiger partial charge in [-0.25, -0.2) is 9.69 Å². The summed E-state index contributed by atoms with van der Waals surface area (Å²) in [5.74, 6) is 1.07. The lowest BCUT2D eigenvalue weighted by Crippen LogP contribution is -2.36. The SMILES string of the molecule is C=CCC1C(O)N(c2cc(C(CC)SC)on2)C(=O)N1C. The largest absolute Gasteiger partial charge is 0.371 e. The van der Waals surface area contributed by atoms with Gasteiger partial charge in [-0.3, -0.25) is 0 Å². The molecule has 0 spiro atoms. The highest BCUT2D eigenvalue weighted by molar-refractivity contribution is 7.98. The minimum Gasteiger partial charge on any atom is -0.371 e. The van der Waals surface area contributed by atoms with E-state index in [1.165, 1.54) is 9.80 Å². The van der Waals surface area contributed by atoms with Gasteiger partial charge in [0.1, 0.15) is 0 Å². The first kappa shape index (κ1) is 15.9. The van der Waals surface area contributed by atoms with Gasteiger partial charge in [0.15, 0.2) is 17.8 Å². The summed E-state index contributed by atoms with van der Waals surface area (Å²) in [7, 11) is 1.66. The van der Waals surface area contributed by atoms with E-state index >= 15 is 0 Å². The second kappa shape index (κ2) is 6.53. The van der Waals surface area contributed by atoms with Gasteiger partial charge in [-0.05, 0) is 19.1 Å². The number of carbonyl (C=O) groups excluding carboxylic acids is 1. The molecule has 3 atom stereocenters. The van der Waals surface area contributed by atoms with Gasteiger partial charge < -0.3 is 14.5 Å². The number of aliphatic hydroxyl groups is 1. The van der Waals surface area contributed by atoms with Crippen molar-refractivity contribution < 1.29 is 14.4 Å². The van der Waals surface area contributed by atoms with E-state index in [0.717, 1.165) is 12.2 Å². The molecular weight excluding hydrogens is 290 g/mol. The number of hydrogen-bond donors (Lipinski definition) is 1. The maximum atomic E-state index is 12.3. The van der Waals surface area contributed by atoms with Crippen molar-refractivity contribution in [3.05, 3.63) is 24.5 Å². The highest BCUT2D eigenvalue weighted by atomic mass is 32.2. The molecule has 1 aliphatic heterocycles. The molecule has 116 valence electrons. The number of rotatable bonds is 6. The number of aliphatic hydroxyl groups excluding tert-OH is 1. The summed E-state index contributed by atoms with van der Waals surface area (Å²) >= 11 is 1.67. The lowest BCUT2D eigenvalue weighted by atomic mass is 10.2. The van der Waals surface area contributed by atoms with E-state index in [1.807, 2.05) is 6.26 Å². The Balaban J connectivity index is 2.25. The third-order valence-corrected chi connectivity index (χ3v) is 4.89. The zero-order valence-corrected chi connectivity index (χ0v) is 13.3. The Morgan fingerprint density at radius 2 is 2.38 bits per heavy atom. The highest BCUT2D eigenvalue weighted by Crippen LogP contribution is 2.34. The van der Waals surface area contributed by atoms with Crippen molar-refractivity contribution in [2.45, 2.75) is 37.3 Å². The summed E-state index contributed by atoms with van der Waals surface area (Å²) in [4.78, 5) is 15.1. The van der Waals surface area contributed by atoms with Crippen LogP contribution in [0.3, 0.4) is 0 Å². The molecule has 1 saturated heterocycles. The number of amides is 2. The second-order valence-electron chi connectivity index (χ2n) is 4.99. The second-order valence-corrected chi connectivity index (χ2v) is 6.03. The molecule has 0 aliphatic carbocycles. The first-order chi connectivity index (χ1) is 10.0. The van der Waals surface area contributed by atoms with Crippen LogP contribution in [-0.4, -0.2) is 46.8 Å². The van der Waals surface area contributed by atoms with Gasteiger partial charge in [-0.15, -0.1) is 6.58 Å². The number of urea groups is 1. The average Bonchev–Trinajstić information content (AvgIpc) is 3.01. The molecule has 1 fully saturated rings. The fourth-order valence-corrected chi connectivity index (χ4v) is 3.19. The molecule has 0 bridgehead atoms. The van der Waals surface area contributed by atoms with Gasteiger partial charge in [-0.2, -0.15) is 11.8 Å². The van der Waals surface area contributed by atoms with Crippen LogP contribution in [0.2, 0.25) is 0 Å². The van der Waals surface area contributed by atoms with E-state index in [1.54, 1.807) is 31.0 Å². The van der Waals surface area contributed by atoms with E-state index in [2.05, 4.69) is 18.7 Å². The van der Waals surface area contributed by atoms with Crippen LogP contribution >= 0.6 is 11.8 Å².